The van der Waals surface area contributed by atoms with Gasteiger partial charge >= 0.3 is 0 Å². The quantitative estimate of drug-likeness (QED) is 0.561. The van der Waals surface area contributed by atoms with E-state index in [1.807, 2.05) is 39.1 Å². The number of hydrogen-bond acceptors (Lipinski definition) is 5. The van der Waals surface area contributed by atoms with Gasteiger partial charge in [0, 0.05) is 25.2 Å². The van der Waals surface area contributed by atoms with Gasteiger partial charge in [-0.25, -0.2) is 0 Å². The smallest absolute Gasteiger partial charge is 0.150 e. The van der Waals surface area contributed by atoms with Crippen molar-refractivity contribution < 1.29 is 9.53 Å². The molecule has 0 saturated heterocycles. The zero-order chi connectivity index (χ0) is 16.5. The number of aldehydes is 1. The van der Waals surface area contributed by atoms with Crippen molar-refractivity contribution in [2.45, 2.75) is 20.4 Å². The molecule has 0 amide bonds. The molecule has 1 rings (SSSR count). The van der Waals surface area contributed by atoms with Crippen LogP contribution >= 0.6 is 0 Å². The molecule has 0 aliphatic carbocycles. The SMILES string of the molecule is CC.CN.CN(CCOCCN)Cc1cccc(C=O)c1. The Morgan fingerprint density at radius 2 is 1.90 bits per heavy atom. The number of likely N-dealkylation sites (N-methyl/N-ethyl adjacent to an activating group) is 1. The van der Waals surface area contributed by atoms with E-state index in [1.54, 1.807) is 6.07 Å². The van der Waals surface area contributed by atoms with Crippen LogP contribution in [0.4, 0.5) is 0 Å². The fraction of sp³-hybridized carbons (Fsp3) is 0.562. The molecule has 0 aliphatic heterocycles. The van der Waals surface area contributed by atoms with E-state index in [-0.39, 0.29) is 0 Å². The third-order valence-electron chi connectivity index (χ3n) is 2.42. The Morgan fingerprint density at radius 3 is 2.48 bits per heavy atom. The molecule has 0 aliphatic rings. The van der Waals surface area contributed by atoms with Gasteiger partial charge in [-0.1, -0.05) is 32.0 Å². The molecule has 0 saturated carbocycles. The van der Waals surface area contributed by atoms with E-state index in [1.165, 1.54) is 7.05 Å². The summed E-state index contributed by atoms with van der Waals surface area (Å²) in [4.78, 5) is 12.8. The van der Waals surface area contributed by atoms with Crippen molar-refractivity contribution in [1.82, 2.24) is 4.90 Å². The summed E-state index contributed by atoms with van der Waals surface area (Å²) in [5, 5.41) is 0. The van der Waals surface area contributed by atoms with Gasteiger partial charge in [0.15, 0.2) is 0 Å². The summed E-state index contributed by atoms with van der Waals surface area (Å²) in [6.07, 6.45) is 0.869. The molecule has 0 aromatic heterocycles. The lowest BCUT2D eigenvalue weighted by Crippen LogP contribution is -2.23. The molecule has 5 heteroatoms. The van der Waals surface area contributed by atoms with Crippen molar-refractivity contribution in [2.75, 3.05) is 40.4 Å². The van der Waals surface area contributed by atoms with E-state index < -0.39 is 0 Å². The number of hydrogen-bond donors (Lipinski definition) is 2. The molecule has 1 aromatic carbocycles. The topological polar surface area (TPSA) is 81.6 Å². The van der Waals surface area contributed by atoms with E-state index in [2.05, 4.69) is 10.6 Å². The number of rotatable bonds is 8. The second kappa shape index (κ2) is 16.8. The summed E-state index contributed by atoms with van der Waals surface area (Å²) >= 11 is 0. The summed E-state index contributed by atoms with van der Waals surface area (Å²) in [5.41, 5.74) is 11.7. The summed E-state index contributed by atoms with van der Waals surface area (Å²) < 4.78 is 5.31. The Morgan fingerprint density at radius 1 is 1.24 bits per heavy atom. The van der Waals surface area contributed by atoms with Crippen LogP contribution < -0.4 is 11.5 Å². The molecule has 0 unspecified atom stereocenters. The van der Waals surface area contributed by atoms with Crippen molar-refractivity contribution in [3.8, 4) is 0 Å². The van der Waals surface area contributed by atoms with Gasteiger partial charge in [0.25, 0.3) is 0 Å². The molecule has 0 fully saturated rings. The molecule has 0 bridgehead atoms. The lowest BCUT2D eigenvalue weighted by atomic mass is 10.1. The van der Waals surface area contributed by atoms with Crippen molar-refractivity contribution in [3.63, 3.8) is 0 Å². The lowest BCUT2D eigenvalue weighted by molar-refractivity contribution is 0.112. The number of nitrogens with zero attached hydrogens (tertiary/aromatic N) is 1. The first-order valence-electron chi connectivity index (χ1n) is 7.34. The van der Waals surface area contributed by atoms with E-state index in [4.69, 9.17) is 10.5 Å². The molecule has 0 spiro atoms. The Labute approximate surface area is 129 Å². The predicted molar refractivity (Wildman–Crippen MR) is 89.5 cm³/mol. The maximum absolute atomic E-state index is 10.6. The van der Waals surface area contributed by atoms with Crippen LogP contribution in [-0.4, -0.2) is 51.6 Å². The molecule has 5 nitrogen and oxygen atoms in total. The molecule has 122 valence electrons. The molecular formula is C16H31N3O2. The van der Waals surface area contributed by atoms with E-state index in [0.717, 1.165) is 30.5 Å². The Kier molecular flexibility index (Phi) is 17.6. The van der Waals surface area contributed by atoms with Crippen LogP contribution in [0.3, 0.4) is 0 Å². The highest BCUT2D eigenvalue weighted by molar-refractivity contribution is 5.74. The van der Waals surface area contributed by atoms with Crippen LogP contribution in [0.1, 0.15) is 29.8 Å². The average molecular weight is 297 g/mol. The van der Waals surface area contributed by atoms with Gasteiger partial charge in [-0.3, -0.25) is 9.69 Å². The highest BCUT2D eigenvalue weighted by atomic mass is 16.5. The van der Waals surface area contributed by atoms with Gasteiger partial charge in [0.1, 0.15) is 6.29 Å². The molecular weight excluding hydrogens is 266 g/mol. The zero-order valence-electron chi connectivity index (χ0n) is 13.8. The Bertz CT molecular complexity index is 346. The van der Waals surface area contributed by atoms with Crippen molar-refractivity contribution >= 4 is 6.29 Å². The van der Waals surface area contributed by atoms with E-state index in [9.17, 15) is 4.79 Å². The fourth-order valence-electron chi connectivity index (χ4n) is 1.56. The zero-order valence-corrected chi connectivity index (χ0v) is 13.8. The van der Waals surface area contributed by atoms with Gasteiger partial charge in [0.05, 0.1) is 13.2 Å². The third-order valence-corrected chi connectivity index (χ3v) is 2.42. The number of ether oxygens (including phenoxy) is 1. The van der Waals surface area contributed by atoms with Crippen LogP contribution in [0.25, 0.3) is 0 Å². The largest absolute Gasteiger partial charge is 0.379 e. The lowest BCUT2D eigenvalue weighted by Gasteiger charge is -2.16. The second-order valence-corrected chi connectivity index (χ2v) is 4.00. The molecule has 1 aromatic rings. The normalized spacial score (nSPS) is 9.29. The van der Waals surface area contributed by atoms with E-state index in [0.29, 0.717) is 19.8 Å². The number of nitrogens with two attached hydrogens (primary N) is 2. The number of benzene rings is 1. The minimum Gasteiger partial charge on any atom is -0.379 e. The van der Waals surface area contributed by atoms with Gasteiger partial charge in [-0.2, -0.15) is 0 Å². The van der Waals surface area contributed by atoms with Crippen LogP contribution in [0.2, 0.25) is 0 Å². The van der Waals surface area contributed by atoms with Crippen molar-refractivity contribution in [3.05, 3.63) is 35.4 Å². The Balaban J connectivity index is 0. The van der Waals surface area contributed by atoms with Gasteiger partial charge in [0.2, 0.25) is 0 Å². The second-order valence-electron chi connectivity index (χ2n) is 4.00. The number of carbonyl (C=O) groups is 1. The maximum Gasteiger partial charge on any atom is 0.150 e. The summed E-state index contributed by atoms with van der Waals surface area (Å²) in [6.45, 7) is 7.51. The first-order chi connectivity index (χ1) is 10.3. The third kappa shape index (κ3) is 12.2. The monoisotopic (exact) mass is 297 g/mol. The van der Waals surface area contributed by atoms with Crippen molar-refractivity contribution in [2.24, 2.45) is 11.5 Å². The van der Waals surface area contributed by atoms with E-state index >= 15 is 0 Å². The average Bonchev–Trinajstić information content (AvgIpc) is 2.55. The highest BCUT2D eigenvalue weighted by Crippen LogP contribution is 2.05. The van der Waals surface area contributed by atoms with Crippen LogP contribution in [0.5, 0.6) is 0 Å². The highest BCUT2D eigenvalue weighted by Gasteiger charge is 2.01. The predicted octanol–water partition coefficient (Wildman–Crippen LogP) is 1.51. The van der Waals surface area contributed by atoms with Gasteiger partial charge in [-0.05, 0) is 25.7 Å². The van der Waals surface area contributed by atoms with Crippen LogP contribution in [0.15, 0.2) is 24.3 Å². The minimum atomic E-state index is 0.561. The minimum absolute atomic E-state index is 0.561. The molecule has 0 heterocycles. The summed E-state index contributed by atoms with van der Waals surface area (Å²) in [7, 11) is 3.53. The summed E-state index contributed by atoms with van der Waals surface area (Å²) in [5.74, 6) is 0. The molecule has 0 radical (unpaired) electrons. The molecule has 4 N–H and O–H groups in total. The Hall–Kier alpha value is -1.27. The van der Waals surface area contributed by atoms with Gasteiger partial charge < -0.3 is 16.2 Å². The van der Waals surface area contributed by atoms with Gasteiger partial charge in [-0.15, -0.1) is 0 Å². The first-order valence-corrected chi connectivity index (χ1v) is 7.34. The molecule has 21 heavy (non-hydrogen) atoms. The van der Waals surface area contributed by atoms with Crippen LogP contribution in [-0.2, 0) is 11.3 Å². The summed E-state index contributed by atoms with van der Waals surface area (Å²) in [6, 6.07) is 7.63. The standard InChI is InChI=1S/C13H20N2O2.C2H6.CH5N/c1-15(6-8-17-7-5-14)10-12-3-2-4-13(9-12)11-16;2*1-2/h2-4,9,11H,5-8,10,14H2,1H3;1-2H3;2H2,1H3. The first kappa shape index (κ1) is 22.0. The fourth-order valence-corrected chi connectivity index (χ4v) is 1.56. The molecule has 0 atom stereocenters. The van der Waals surface area contributed by atoms with Crippen LogP contribution in [0, 0.1) is 0 Å². The van der Waals surface area contributed by atoms with Crippen molar-refractivity contribution in [1.29, 1.82) is 0 Å². The maximum atomic E-state index is 10.6. The number of carbonyl (C=O) groups excluding carboxylic acids is 1.